The maximum absolute atomic E-state index is 12.2. The monoisotopic (exact) mass is 401 g/mol. The molecule has 1 aromatic carbocycles. The molecule has 1 saturated heterocycles. The second-order valence-corrected chi connectivity index (χ2v) is 6.42. The van der Waals surface area contributed by atoms with E-state index in [0.717, 1.165) is 0 Å². The summed E-state index contributed by atoms with van der Waals surface area (Å²) in [7, 11) is 1.61. The molecule has 0 aliphatic carbocycles. The zero-order valence-electron chi connectivity index (χ0n) is 15.4. The molecule has 1 aromatic rings. The van der Waals surface area contributed by atoms with Gasteiger partial charge in [-0.15, -0.1) is 0 Å². The van der Waals surface area contributed by atoms with Crippen molar-refractivity contribution in [3.63, 3.8) is 0 Å². The smallest absolute Gasteiger partial charge is 0.342 e. The molecular formula is C17H25N2O9+. The number of aliphatic carboxylic acids is 1. The van der Waals surface area contributed by atoms with Crippen LogP contribution in [0.25, 0.3) is 0 Å². The fourth-order valence-corrected chi connectivity index (χ4v) is 2.86. The largest absolute Gasteiger partial charge is 0.507 e. The lowest BCUT2D eigenvalue weighted by atomic mass is 9.96. The number of phenolic OH excluding ortho intramolecular Hbond substituents is 1. The van der Waals surface area contributed by atoms with Gasteiger partial charge in [-0.3, -0.25) is 0 Å². The van der Waals surface area contributed by atoms with E-state index >= 15 is 0 Å². The fourth-order valence-electron chi connectivity index (χ4n) is 2.86. The van der Waals surface area contributed by atoms with Gasteiger partial charge in [-0.1, -0.05) is 0 Å². The van der Waals surface area contributed by atoms with Crippen LogP contribution in [-0.2, 0) is 19.0 Å². The van der Waals surface area contributed by atoms with Gasteiger partial charge < -0.3 is 45.7 Å². The third-order valence-corrected chi connectivity index (χ3v) is 4.45. The first-order valence-corrected chi connectivity index (χ1v) is 8.60. The van der Waals surface area contributed by atoms with Crippen molar-refractivity contribution in [2.75, 3.05) is 19.4 Å². The standard InChI is InChI=1S/C17H24N2O9/c1-7(15(22)23)27-14-12(19-2)17(25)28-11(13(14)21)6-26-16(24)9-5-8(18)3-4-10(9)20/h3-5,7,11-14,17,19-21,25H,6,18H2,1-2H3,(H,22,23)/p+1/t7?,11?,12?,13-,14+,17+/m1/s1. The van der Waals surface area contributed by atoms with E-state index in [1.807, 2.05) is 0 Å². The SMILES string of the molecule is C[NH2+]C1[C@@H](O)OC(COC(=O)c2cc(N)ccc2O)[C@@H](O)[C@H]1OC(C)C(=O)O. The van der Waals surface area contributed by atoms with Gasteiger partial charge in [0.2, 0.25) is 6.29 Å². The number of benzene rings is 1. The van der Waals surface area contributed by atoms with Gasteiger partial charge in [0, 0.05) is 5.69 Å². The number of rotatable bonds is 7. The van der Waals surface area contributed by atoms with Gasteiger partial charge in [-0.25, -0.2) is 9.59 Å². The molecule has 1 fully saturated rings. The molecule has 28 heavy (non-hydrogen) atoms. The van der Waals surface area contributed by atoms with Gasteiger partial charge in [0.25, 0.3) is 0 Å². The molecule has 0 saturated carbocycles. The summed E-state index contributed by atoms with van der Waals surface area (Å²) in [5.74, 6) is -2.47. The number of likely N-dealkylation sites (N-methyl/N-ethyl adjacent to an activating group) is 1. The number of anilines is 1. The molecule has 1 aliphatic rings. The summed E-state index contributed by atoms with van der Waals surface area (Å²) in [5, 5.41) is 41.0. The maximum atomic E-state index is 12.2. The molecule has 11 nitrogen and oxygen atoms in total. The quantitative estimate of drug-likeness (QED) is 0.164. The second-order valence-electron chi connectivity index (χ2n) is 6.42. The number of hydrogen-bond acceptors (Lipinski definition) is 9. The molecule has 0 bridgehead atoms. The Balaban J connectivity index is 2.09. The van der Waals surface area contributed by atoms with Crippen LogP contribution in [0.1, 0.15) is 17.3 Å². The summed E-state index contributed by atoms with van der Waals surface area (Å²) in [5.41, 5.74) is 5.65. The minimum atomic E-state index is -1.40. The third-order valence-electron chi connectivity index (χ3n) is 4.45. The highest BCUT2D eigenvalue weighted by atomic mass is 16.6. The van der Waals surface area contributed by atoms with Crippen LogP contribution in [0.5, 0.6) is 5.75 Å². The van der Waals surface area contributed by atoms with E-state index in [1.165, 1.54) is 30.4 Å². The highest BCUT2D eigenvalue weighted by Gasteiger charge is 2.49. The average molecular weight is 401 g/mol. The van der Waals surface area contributed by atoms with E-state index in [9.17, 15) is 24.9 Å². The third kappa shape index (κ3) is 4.88. The molecule has 156 valence electrons. The van der Waals surface area contributed by atoms with Crippen LogP contribution in [0, 0.1) is 0 Å². The first-order valence-electron chi connectivity index (χ1n) is 8.60. The van der Waals surface area contributed by atoms with Crippen molar-refractivity contribution >= 4 is 17.6 Å². The van der Waals surface area contributed by atoms with Gasteiger partial charge in [0.05, 0.1) is 7.05 Å². The molecule has 0 aromatic heterocycles. The van der Waals surface area contributed by atoms with E-state index in [2.05, 4.69) is 0 Å². The normalized spacial score (nSPS) is 28.5. The predicted molar refractivity (Wildman–Crippen MR) is 93.3 cm³/mol. The maximum Gasteiger partial charge on any atom is 0.342 e. The summed E-state index contributed by atoms with van der Waals surface area (Å²) in [6.07, 6.45) is -6.29. The predicted octanol–water partition coefficient (Wildman–Crippen LogP) is -2.37. The van der Waals surface area contributed by atoms with E-state index in [-0.39, 0.29) is 17.0 Å². The van der Waals surface area contributed by atoms with Crippen LogP contribution >= 0.6 is 0 Å². The fraction of sp³-hybridized carbons (Fsp3) is 0.529. The Morgan fingerprint density at radius 2 is 2.04 bits per heavy atom. The van der Waals surface area contributed by atoms with Crippen molar-refractivity contribution in [3.05, 3.63) is 23.8 Å². The molecule has 0 radical (unpaired) electrons. The number of aliphatic hydroxyl groups is 2. The summed E-state index contributed by atoms with van der Waals surface area (Å²) in [6.45, 7) is 0.824. The van der Waals surface area contributed by atoms with Crippen LogP contribution < -0.4 is 11.1 Å². The van der Waals surface area contributed by atoms with Crippen LogP contribution in [0.15, 0.2) is 18.2 Å². The number of carbonyl (C=O) groups excluding carboxylic acids is 1. The van der Waals surface area contributed by atoms with Crippen molar-refractivity contribution in [3.8, 4) is 5.75 Å². The Hall–Kier alpha value is -2.44. The minimum absolute atomic E-state index is 0.169. The van der Waals surface area contributed by atoms with E-state index in [1.54, 1.807) is 7.05 Å². The molecule has 0 amide bonds. The number of carboxylic acid groups (broad SMARTS) is 1. The van der Waals surface area contributed by atoms with Gasteiger partial charge in [-0.05, 0) is 25.1 Å². The zero-order valence-corrected chi connectivity index (χ0v) is 15.4. The Labute approximate surface area is 160 Å². The van der Waals surface area contributed by atoms with E-state index in [4.69, 9.17) is 25.1 Å². The number of carbonyl (C=O) groups is 2. The molecule has 2 rings (SSSR count). The highest BCUT2D eigenvalue weighted by molar-refractivity contribution is 5.93. The van der Waals surface area contributed by atoms with Crippen molar-refractivity contribution in [1.29, 1.82) is 0 Å². The number of phenols is 1. The van der Waals surface area contributed by atoms with E-state index < -0.39 is 55.3 Å². The number of esters is 1. The van der Waals surface area contributed by atoms with Crippen LogP contribution in [0.4, 0.5) is 5.69 Å². The highest BCUT2D eigenvalue weighted by Crippen LogP contribution is 2.24. The molecular weight excluding hydrogens is 376 g/mol. The van der Waals surface area contributed by atoms with Crippen molar-refractivity contribution in [1.82, 2.24) is 0 Å². The number of nitrogens with two attached hydrogens (primary N) is 2. The first kappa shape index (κ1) is 21.9. The molecule has 1 aliphatic heterocycles. The summed E-state index contributed by atoms with van der Waals surface area (Å²) >= 11 is 0. The number of aliphatic hydroxyl groups excluding tert-OH is 2. The lowest BCUT2D eigenvalue weighted by Gasteiger charge is -2.40. The number of nitrogen functional groups attached to an aromatic ring is 1. The number of aromatic hydroxyl groups is 1. The Morgan fingerprint density at radius 3 is 2.64 bits per heavy atom. The number of carboxylic acids is 1. The van der Waals surface area contributed by atoms with Crippen molar-refractivity contribution in [2.24, 2.45) is 0 Å². The Kier molecular flexibility index (Phi) is 7.16. The number of quaternary nitrogens is 1. The topological polar surface area (TPSA) is 185 Å². The number of hydrogen-bond donors (Lipinski definition) is 6. The Bertz CT molecular complexity index is 714. The summed E-state index contributed by atoms with van der Waals surface area (Å²) in [4.78, 5) is 23.2. The first-order chi connectivity index (χ1) is 13.1. The average Bonchev–Trinajstić information content (AvgIpc) is 2.64. The Morgan fingerprint density at radius 1 is 1.36 bits per heavy atom. The van der Waals surface area contributed by atoms with Crippen molar-refractivity contribution in [2.45, 2.75) is 43.7 Å². The lowest BCUT2D eigenvalue weighted by molar-refractivity contribution is -0.695. The summed E-state index contributed by atoms with van der Waals surface area (Å²) in [6, 6.07) is 3.08. The van der Waals surface area contributed by atoms with Gasteiger partial charge in [-0.2, -0.15) is 0 Å². The van der Waals surface area contributed by atoms with Gasteiger partial charge >= 0.3 is 11.9 Å². The second kappa shape index (κ2) is 9.17. The molecule has 8 N–H and O–H groups in total. The van der Waals surface area contributed by atoms with Crippen LogP contribution in [-0.4, -0.2) is 82.8 Å². The van der Waals surface area contributed by atoms with Crippen LogP contribution in [0.2, 0.25) is 0 Å². The molecule has 1 heterocycles. The number of ether oxygens (including phenoxy) is 3. The minimum Gasteiger partial charge on any atom is -0.507 e. The summed E-state index contributed by atoms with van der Waals surface area (Å²) < 4.78 is 15.7. The zero-order chi connectivity index (χ0) is 21.0. The van der Waals surface area contributed by atoms with Crippen LogP contribution in [0.3, 0.4) is 0 Å². The molecule has 11 heteroatoms. The molecule has 3 unspecified atom stereocenters. The van der Waals surface area contributed by atoms with Gasteiger partial charge in [0.15, 0.2) is 12.1 Å². The molecule has 0 spiro atoms. The van der Waals surface area contributed by atoms with Gasteiger partial charge in [0.1, 0.15) is 36.2 Å². The lowest BCUT2D eigenvalue weighted by Crippen LogP contribution is -2.94. The molecule has 6 atom stereocenters. The van der Waals surface area contributed by atoms with E-state index in [0.29, 0.717) is 0 Å². The van der Waals surface area contributed by atoms with Crippen molar-refractivity contribution < 1.29 is 49.5 Å².